The first-order valence-electron chi connectivity index (χ1n) is 16.3. The summed E-state index contributed by atoms with van der Waals surface area (Å²) in [7, 11) is 0. The van der Waals surface area contributed by atoms with Crippen molar-refractivity contribution in [1.29, 1.82) is 0 Å². The summed E-state index contributed by atoms with van der Waals surface area (Å²) < 4.78 is 21.4. The fraction of sp³-hybridized carbons (Fsp3) is 0.432. The molecule has 0 saturated carbocycles. The predicted molar refractivity (Wildman–Crippen MR) is 194 cm³/mol. The quantitative estimate of drug-likeness (QED) is 0.175. The number of hydrogen-bond acceptors (Lipinski definition) is 6. The maximum Gasteiger partial charge on any atom is 0.410 e. The molecule has 2 amide bonds. The van der Waals surface area contributed by atoms with Crippen molar-refractivity contribution in [1.82, 2.24) is 14.4 Å². The molecule has 0 radical (unpaired) electrons. The normalized spacial score (nSPS) is 15.8. The second kappa shape index (κ2) is 14.2. The van der Waals surface area contributed by atoms with Crippen LogP contribution in [0.3, 0.4) is 0 Å². The number of amides is 2. The number of carbonyl (C=O) groups excluding carboxylic acids is 2. The molecule has 2 saturated heterocycles. The fourth-order valence-electron chi connectivity index (χ4n) is 6.14. The summed E-state index contributed by atoms with van der Waals surface area (Å²) in [6.07, 6.45) is -0.525. The summed E-state index contributed by atoms with van der Waals surface area (Å²) in [6, 6.07) is 21.5. The zero-order chi connectivity index (χ0) is 33.5. The van der Waals surface area contributed by atoms with Crippen molar-refractivity contribution in [2.45, 2.75) is 52.7 Å². The van der Waals surface area contributed by atoms with Crippen molar-refractivity contribution in [3.63, 3.8) is 0 Å². The van der Waals surface area contributed by atoms with Crippen LogP contribution in [0.15, 0.2) is 65.1 Å². The molecule has 0 aromatic heterocycles. The third-order valence-electron chi connectivity index (χ3n) is 8.41. The molecular formula is C37H44ClIN4O5. The van der Waals surface area contributed by atoms with E-state index in [-0.39, 0.29) is 24.6 Å². The zero-order valence-electron chi connectivity index (χ0n) is 28.5. The van der Waals surface area contributed by atoms with Gasteiger partial charge in [0.2, 0.25) is 5.36 Å². The molecule has 2 aromatic carbocycles. The predicted octanol–water partition coefficient (Wildman–Crippen LogP) is 3.89. The Morgan fingerprint density at radius 2 is 1.33 bits per heavy atom. The number of hydrogen-bond donors (Lipinski definition) is 0. The van der Waals surface area contributed by atoms with Crippen LogP contribution in [0.5, 0.6) is 0 Å². The van der Waals surface area contributed by atoms with E-state index >= 15 is 0 Å². The number of benzene rings is 3. The Morgan fingerprint density at radius 1 is 0.750 bits per heavy atom. The molecule has 11 heteroatoms. The largest absolute Gasteiger partial charge is 1.00 e. The Bertz CT molecular complexity index is 1830. The molecule has 1 aliphatic carbocycles. The minimum absolute atomic E-state index is 0. The van der Waals surface area contributed by atoms with Crippen molar-refractivity contribution in [3.05, 3.63) is 69.6 Å². The third-order valence-corrected chi connectivity index (χ3v) is 9.13. The first kappa shape index (κ1) is 35.8. The van der Waals surface area contributed by atoms with Gasteiger partial charge in [0.25, 0.3) is 0 Å². The number of halogens is 2. The highest BCUT2D eigenvalue weighted by molar-refractivity contribution is 14.1. The lowest BCUT2D eigenvalue weighted by Crippen LogP contribution is -3.00. The highest BCUT2D eigenvalue weighted by atomic mass is 127. The second-order valence-corrected chi connectivity index (χ2v) is 15.5. The molecule has 48 heavy (non-hydrogen) atoms. The van der Waals surface area contributed by atoms with E-state index < -0.39 is 11.2 Å². The van der Waals surface area contributed by atoms with Crippen LogP contribution in [0.1, 0.15) is 41.5 Å². The van der Waals surface area contributed by atoms with Gasteiger partial charge in [0.05, 0.1) is 19.2 Å². The number of anilines is 1. The fourth-order valence-corrected chi connectivity index (χ4v) is 6.50. The molecule has 0 N–H and O–H groups in total. The van der Waals surface area contributed by atoms with E-state index in [2.05, 4.69) is 92.7 Å². The smallest absolute Gasteiger partial charge is 0.410 e. The van der Waals surface area contributed by atoms with Crippen LogP contribution in [0.4, 0.5) is 15.3 Å². The van der Waals surface area contributed by atoms with Crippen LogP contribution in [0, 0.1) is 3.57 Å². The third kappa shape index (κ3) is 8.19. The molecule has 0 bridgehead atoms. The Labute approximate surface area is 302 Å². The number of carbonyl (C=O) groups is 2. The molecule has 0 atom stereocenters. The lowest BCUT2D eigenvalue weighted by atomic mass is 9.93. The minimum Gasteiger partial charge on any atom is -1.00 e. The Hall–Kier alpha value is -3.51. The van der Waals surface area contributed by atoms with Crippen LogP contribution in [-0.4, -0.2) is 85.5 Å². The molecule has 0 unspecified atom stereocenters. The summed E-state index contributed by atoms with van der Waals surface area (Å²) in [5.41, 5.74) is 4.17. The number of piperazine rings is 2. The molecule has 2 fully saturated rings. The van der Waals surface area contributed by atoms with E-state index in [1.807, 2.05) is 41.5 Å². The molecular weight excluding hydrogens is 743 g/mol. The van der Waals surface area contributed by atoms with Gasteiger partial charge in [0.1, 0.15) is 22.5 Å². The summed E-state index contributed by atoms with van der Waals surface area (Å²) >= 11 is 2.34. The van der Waals surface area contributed by atoms with E-state index in [4.69, 9.17) is 13.9 Å². The molecule has 4 aliphatic rings. The van der Waals surface area contributed by atoms with Gasteiger partial charge in [-0.15, -0.1) is 0 Å². The van der Waals surface area contributed by atoms with Gasteiger partial charge < -0.3 is 36.1 Å². The van der Waals surface area contributed by atoms with E-state index in [1.165, 1.54) is 3.57 Å². The van der Waals surface area contributed by atoms with Crippen molar-refractivity contribution in [3.8, 4) is 22.5 Å². The number of nitrogens with zero attached hydrogens (tertiary/aromatic N) is 4. The molecule has 6 rings (SSSR count). The van der Waals surface area contributed by atoms with Crippen molar-refractivity contribution in [2.75, 3.05) is 57.3 Å². The maximum absolute atomic E-state index is 12.6. The lowest BCUT2D eigenvalue weighted by Gasteiger charge is -2.36. The summed E-state index contributed by atoms with van der Waals surface area (Å²) in [5, 5.41) is 2.11. The van der Waals surface area contributed by atoms with E-state index in [0.29, 0.717) is 52.4 Å². The zero-order valence-corrected chi connectivity index (χ0v) is 31.4. The van der Waals surface area contributed by atoms with Gasteiger partial charge in [-0.2, -0.15) is 0 Å². The Morgan fingerprint density at radius 3 is 1.92 bits per heavy atom. The van der Waals surface area contributed by atoms with Crippen LogP contribution in [0.2, 0.25) is 0 Å². The van der Waals surface area contributed by atoms with Crippen LogP contribution >= 0.6 is 22.6 Å². The second-order valence-electron chi connectivity index (χ2n) is 14.3. The average molecular weight is 787 g/mol. The first-order valence-corrected chi connectivity index (χ1v) is 17.4. The lowest BCUT2D eigenvalue weighted by molar-refractivity contribution is -0.0000951. The molecule has 256 valence electrons. The Kier molecular flexibility index (Phi) is 10.6. The van der Waals surface area contributed by atoms with Crippen molar-refractivity contribution in [2.24, 2.45) is 0 Å². The average Bonchev–Trinajstić information content (AvgIpc) is 3.02. The van der Waals surface area contributed by atoms with Gasteiger partial charge in [0, 0.05) is 64.1 Å². The highest BCUT2D eigenvalue weighted by Crippen LogP contribution is 2.41. The van der Waals surface area contributed by atoms with Crippen molar-refractivity contribution >= 4 is 51.4 Å². The SMILES string of the molecule is CC(C)(C)OC(=O)N1CCN(c2ccc3c(-c4ccc(I)cc4)c4ccc(=[N+]5CCN(C(=O)OC(C)(C)C)CC5)cc-4oc3c2)CC1.[Cl-]. The number of fused-ring (bicyclic) bond motifs is 2. The number of rotatable bonds is 2. The molecule has 3 aliphatic heterocycles. The van der Waals surface area contributed by atoms with Gasteiger partial charge in [-0.1, -0.05) is 12.1 Å². The van der Waals surface area contributed by atoms with E-state index in [9.17, 15) is 9.59 Å². The summed E-state index contributed by atoms with van der Waals surface area (Å²) in [4.78, 5) is 31.1. The van der Waals surface area contributed by atoms with E-state index in [1.54, 1.807) is 9.80 Å². The Balaban J connectivity index is 0.00000451. The molecule has 2 aromatic rings. The maximum atomic E-state index is 12.6. The van der Waals surface area contributed by atoms with Gasteiger partial charge >= 0.3 is 12.2 Å². The monoisotopic (exact) mass is 786 g/mol. The van der Waals surface area contributed by atoms with Crippen LogP contribution in [0.25, 0.3) is 33.4 Å². The summed E-state index contributed by atoms with van der Waals surface area (Å²) in [6.45, 7) is 16.6. The van der Waals surface area contributed by atoms with Gasteiger partial charge in [-0.05, 0) is 100 Å². The minimum atomic E-state index is -0.514. The standard InChI is InChI=1S/C37H44IN4O5.ClH/c1-36(2,3)46-34(43)41-19-15-39(16-20-41)27-11-13-29-31(23-27)45-32-24-28(12-14-30(32)33(29)25-7-9-26(38)10-8-25)40-17-21-42(22-18-40)35(44)47-37(4,5)6;/h7-14,23-24H,15-22H2,1-6H3;1H/q+1;/p-1. The number of ether oxygens (including phenoxy) is 2. The molecule has 9 nitrogen and oxygen atoms in total. The van der Waals surface area contributed by atoms with Crippen LogP contribution in [-0.2, 0) is 9.47 Å². The molecule has 0 spiro atoms. The highest BCUT2D eigenvalue weighted by Gasteiger charge is 2.29. The molecule has 3 heterocycles. The van der Waals surface area contributed by atoms with Gasteiger partial charge in [-0.25, -0.2) is 14.2 Å². The summed E-state index contributed by atoms with van der Waals surface area (Å²) in [5.74, 6) is 0.810. The van der Waals surface area contributed by atoms with Crippen molar-refractivity contribution < 1.29 is 35.9 Å². The first-order chi connectivity index (χ1) is 22.2. The van der Waals surface area contributed by atoms with Gasteiger partial charge in [-0.3, -0.25) is 4.90 Å². The topological polar surface area (TPSA) is 78.5 Å². The van der Waals surface area contributed by atoms with Gasteiger partial charge in [0.15, 0.2) is 13.1 Å². The van der Waals surface area contributed by atoms with E-state index in [0.717, 1.165) is 44.5 Å². The van der Waals surface area contributed by atoms with Crippen LogP contribution < -0.4 is 27.2 Å².